The van der Waals surface area contributed by atoms with Crippen molar-refractivity contribution < 1.29 is 27.9 Å². The Bertz CT molecular complexity index is 454. The van der Waals surface area contributed by atoms with E-state index in [1.54, 1.807) is 0 Å². The van der Waals surface area contributed by atoms with Gasteiger partial charge in [0.15, 0.2) is 6.29 Å². The third kappa shape index (κ3) is 2.41. The fraction of sp³-hybridized carbons (Fsp3) is 0.111. The Morgan fingerprint density at radius 3 is 2.31 bits per heavy atom. The molecule has 1 aromatic carbocycles. The third-order valence-electron chi connectivity index (χ3n) is 1.80. The van der Waals surface area contributed by atoms with Crippen molar-refractivity contribution in [2.75, 3.05) is 0 Å². The second-order valence-electron chi connectivity index (χ2n) is 2.84. The van der Waals surface area contributed by atoms with Gasteiger partial charge < -0.3 is 5.11 Å². The van der Waals surface area contributed by atoms with Crippen LogP contribution in [-0.2, 0) is 6.18 Å². The van der Waals surface area contributed by atoms with Crippen molar-refractivity contribution in [1.82, 2.24) is 0 Å². The molecule has 0 aliphatic heterocycles. The van der Waals surface area contributed by atoms with Crippen LogP contribution in [0.5, 0.6) is 0 Å². The zero-order valence-corrected chi connectivity index (χ0v) is 9.09. The van der Waals surface area contributed by atoms with Crippen LogP contribution in [0.1, 0.15) is 26.3 Å². The topological polar surface area (TPSA) is 54.4 Å². The third-order valence-corrected chi connectivity index (χ3v) is 2.46. The quantitative estimate of drug-likeness (QED) is 0.854. The lowest BCUT2D eigenvalue weighted by molar-refractivity contribution is -0.137. The van der Waals surface area contributed by atoms with Gasteiger partial charge in [-0.05, 0) is 12.1 Å². The molecule has 0 atom stereocenters. The highest BCUT2D eigenvalue weighted by atomic mass is 79.9. The van der Waals surface area contributed by atoms with E-state index < -0.39 is 28.8 Å². The number of alkyl halides is 3. The first-order valence-corrected chi connectivity index (χ1v) is 4.66. The van der Waals surface area contributed by atoms with Gasteiger partial charge in [0.1, 0.15) is 0 Å². The number of hydrogen-bond acceptors (Lipinski definition) is 2. The van der Waals surface area contributed by atoms with Crippen molar-refractivity contribution in [1.29, 1.82) is 0 Å². The van der Waals surface area contributed by atoms with Crippen LogP contribution in [0.15, 0.2) is 16.6 Å². The van der Waals surface area contributed by atoms with Crippen molar-refractivity contribution in [2.24, 2.45) is 0 Å². The van der Waals surface area contributed by atoms with Gasteiger partial charge in [0.2, 0.25) is 0 Å². The molecule has 0 radical (unpaired) electrons. The van der Waals surface area contributed by atoms with Crippen LogP contribution in [0.4, 0.5) is 13.2 Å². The monoisotopic (exact) mass is 296 g/mol. The molecule has 16 heavy (non-hydrogen) atoms. The maximum atomic E-state index is 12.5. The molecule has 0 saturated carbocycles. The van der Waals surface area contributed by atoms with Crippen LogP contribution in [0.2, 0.25) is 0 Å². The first-order chi connectivity index (χ1) is 7.27. The van der Waals surface area contributed by atoms with Crippen LogP contribution in [0.25, 0.3) is 0 Å². The van der Waals surface area contributed by atoms with Gasteiger partial charge in [-0.15, -0.1) is 0 Å². The number of benzene rings is 1. The van der Waals surface area contributed by atoms with E-state index in [1.807, 2.05) is 0 Å². The van der Waals surface area contributed by atoms with E-state index in [0.717, 1.165) is 6.07 Å². The molecule has 0 aliphatic rings. The van der Waals surface area contributed by atoms with Gasteiger partial charge >= 0.3 is 12.1 Å². The molecule has 0 heterocycles. The highest BCUT2D eigenvalue weighted by Crippen LogP contribution is 2.35. The Labute approximate surface area is 96.0 Å². The van der Waals surface area contributed by atoms with Crippen LogP contribution >= 0.6 is 15.9 Å². The first kappa shape index (κ1) is 12.7. The molecule has 0 aliphatic carbocycles. The van der Waals surface area contributed by atoms with Crippen LogP contribution in [-0.4, -0.2) is 17.4 Å². The number of hydrogen-bond donors (Lipinski definition) is 1. The zero-order chi connectivity index (χ0) is 12.5. The molecule has 0 amide bonds. The van der Waals surface area contributed by atoms with E-state index in [0.29, 0.717) is 6.07 Å². The lowest BCUT2D eigenvalue weighted by Gasteiger charge is -2.11. The first-order valence-electron chi connectivity index (χ1n) is 3.86. The predicted octanol–water partition coefficient (Wildman–Crippen LogP) is 2.98. The molecule has 86 valence electrons. The summed E-state index contributed by atoms with van der Waals surface area (Å²) < 4.78 is 37.3. The maximum Gasteiger partial charge on any atom is 0.417 e. The minimum absolute atomic E-state index is 0.0263. The standard InChI is InChI=1S/C9H4BrF3O3/c10-7-2-4(8(15)16)1-6(5(7)3-14)9(11,12)13/h1-3H,(H,15,16). The Balaban J connectivity index is 3.55. The molecule has 7 heteroatoms. The molecule has 0 bridgehead atoms. The van der Waals surface area contributed by atoms with Crippen LogP contribution in [0.3, 0.4) is 0 Å². The minimum atomic E-state index is -4.77. The van der Waals surface area contributed by atoms with Gasteiger partial charge in [-0.3, -0.25) is 4.79 Å². The van der Waals surface area contributed by atoms with E-state index in [4.69, 9.17) is 5.11 Å². The normalized spacial score (nSPS) is 11.2. The molecule has 3 nitrogen and oxygen atoms in total. The van der Waals surface area contributed by atoms with Crippen molar-refractivity contribution >= 4 is 28.2 Å². The molecular formula is C9H4BrF3O3. The number of aldehydes is 1. The van der Waals surface area contributed by atoms with Crippen molar-refractivity contribution in [3.05, 3.63) is 33.3 Å². The van der Waals surface area contributed by atoms with Gasteiger partial charge in [0, 0.05) is 10.0 Å². The largest absolute Gasteiger partial charge is 0.478 e. The molecule has 0 saturated heterocycles. The molecule has 0 fully saturated rings. The molecule has 1 rings (SSSR count). The van der Waals surface area contributed by atoms with E-state index in [2.05, 4.69) is 15.9 Å². The Morgan fingerprint density at radius 2 is 1.94 bits per heavy atom. The molecule has 1 aromatic rings. The number of aromatic carboxylic acids is 1. The number of carboxylic acids is 1. The Kier molecular flexibility index (Phi) is 3.37. The number of halogens is 4. The summed E-state index contributed by atoms with van der Waals surface area (Å²) in [4.78, 5) is 21.1. The van der Waals surface area contributed by atoms with Crippen LogP contribution < -0.4 is 0 Å². The molecule has 0 unspecified atom stereocenters. The second kappa shape index (κ2) is 4.25. The number of carboxylic acid groups (broad SMARTS) is 1. The predicted molar refractivity (Wildman–Crippen MR) is 51.5 cm³/mol. The van der Waals surface area contributed by atoms with Crippen molar-refractivity contribution in [2.45, 2.75) is 6.18 Å². The average molecular weight is 297 g/mol. The van der Waals surface area contributed by atoms with E-state index in [-0.39, 0.29) is 10.8 Å². The zero-order valence-electron chi connectivity index (χ0n) is 7.51. The summed E-state index contributed by atoms with van der Waals surface area (Å²) in [5, 5.41) is 8.59. The Hall–Kier alpha value is -1.37. The molecular weight excluding hydrogens is 293 g/mol. The fourth-order valence-corrected chi connectivity index (χ4v) is 1.65. The lowest BCUT2D eigenvalue weighted by Crippen LogP contribution is -2.12. The van der Waals surface area contributed by atoms with Crippen LogP contribution in [0, 0.1) is 0 Å². The number of carbonyl (C=O) groups is 2. The molecule has 1 N–H and O–H groups in total. The summed E-state index contributed by atoms with van der Waals surface area (Å²) in [6.07, 6.45) is -4.75. The van der Waals surface area contributed by atoms with Gasteiger partial charge in [0.25, 0.3) is 0 Å². The highest BCUT2D eigenvalue weighted by Gasteiger charge is 2.35. The smallest absolute Gasteiger partial charge is 0.417 e. The summed E-state index contributed by atoms with van der Waals surface area (Å²) in [5.74, 6) is -1.50. The van der Waals surface area contributed by atoms with Crippen molar-refractivity contribution in [3.63, 3.8) is 0 Å². The highest BCUT2D eigenvalue weighted by molar-refractivity contribution is 9.10. The maximum absolute atomic E-state index is 12.5. The molecule has 0 aromatic heterocycles. The fourth-order valence-electron chi connectivity index (χ4n) is 1.10. The number of rotatable bonds is 2. The summed E-state index contributed by atoms with van der Waals surface area (Å²) in [7, 11) is 0. The Morgan fingerprint density at radius 1 is 1.38 bits per heavy atom. The number of carbonyl (C=O) groups excluding carboxylic acids is 1. The SMILES string of the molecule is O=Cc1c(Br)cc(C(=O)O)cc1C(F)(F)F. The summed E-state index contributed by atoms with van der Waals surface area (Å²) >= 11 is 2.72. The van der Waals surface area contributed by atoms with E-state index in [1.165, 1.54) is 0 Å². The summed E-state index contributed by atoms with van der Waals surface area (Å²) in [6, 6.07) is 1.37. The minimum Gasteiger partial charge on any atom is -0.478 e. The van der Waals surface area contributed by atoms with Gasteiger partial charge in [0.05, 0.1) is 11.1 Å². The summed E-state index contributed by atoms with van der Waals surface area (Å²) in [5.41, 5.74) is -2.42. The van der Waals surface area contributed by atoms with Crippen molar-refractivity contribution in [3.8, 4) is 0 Å². The van der Waals surface area contributed by atoms with Gasteiger partial charge in [-0.1, -0.05) is 15.9 Å². The lowest BCUT2D eigenvalue weighted by atomic mass is 10.0. The van der Waals surface area contributed by atoms with Gasteiger partial charge in [-0.2, -0.15) is 13.2 Å². The van der Waals surface area contributed by atoms with E-state index in [9.17, 15) is 22.8 Å². The average Bonchev–Trinajstić information content (AvgIpc) is 2.14. The van der Waals surface area contributed by atoms with Gasteiger partial charge in [-0.25, -0.2) is 4.79 Å². The van der Waals surface area contributed by atoms with E-state index >= 15 is 0 Å². The second-order valence-corrected chi connectivity index (χ2v) is 3.69. The molecule has 0 spiro atoms. The summed E-state index contributed by atoms with van der Waals surface area (Å²) in [6.45, 7) is 0.